The van der Waals surface area contributed by atoms with Crippen LogP contribution in [0, 0.1) is 19.3 Å². The number of aliphatic hydroxyl groups excluding tert-OH is 1. The molecule has 2 saturated carbocycles. The molecule has 3 aromatic rings. The summed E-state index contributed by atoms with van der Waals surface area (Å²) in [5.41, 5.74) is 10.4. The minimum absolute atomic E-state index is 0.0938. The first-order chi connectivity index (χ1) is 15.6. The first-order valence-corrected chi connectivity index (χ1v) is 12.5. The normalized spacial score (nSPS) is 24.5. The fraction of sp³-hybridized carbons (Fsp3) is 0.435. The molecule has 5 rings (SSSR count). The topological polar surface area (TPSA) is 136 Å². The summed E-state index contributed by atoms with van der Waals surface area (Å²) in [4.78, 5) is 9.23. The summed E-state index contributed by atoms with van der Waals surface area (Å²) in [6, 6.07) is 4.93. The summed E-state index contributed by atoms with van der Waals surface area (Å²) >= 11 is 0. The Morgan fingerprint density at radius 2 is 1.91 bits per heavy atom. The third kappa shape index (κ3) is 3.92. The molecule has 10 heteroatoms. The summed E-state index contributed by atoms with van der Waals surface area (Å²) in [5.74, 6) is 0.290. The van der Waals surface area contributed by atoms with Crippen molar-refractivity contribution in [1.29, 1.82) is 0 Å². The molecule has 2 aromatic heterocycles. The van der Waals surface area contributed by atoms with Crippen LogP contribution in [0.15, 0.2) is 35.5 Å². The van der Waals surface area contributed by atoms with Gasteiger partial charge in [-0.15, -0.1) is 0 Å². The first-order valence-electron chi connectivity index (χ1n) is 11.0. The van der Waals surface area contributed by atoms with E-state index in [1.54, 1.807) is 29.1 Å². The van der Waals surface area contributed by atoms with Crippen molar-refractivity contribution in [3.05, 3.63) is 41.9 Å². The number of nitrogens with one attached hydrogen (secondary N) is 1. The molecule has 0 bridgehead atoms. The van der Waals surface area contributed by atoms with Crippen LogP contribution in [0.3, 0.4) is 0 Å². The minimum atomic E-state index is -3.69. The Morgan fingerprint density at radius 1 is 1.18 bits per heavy atom. The molecular formula is C23H28N6O3S. The van der Waals surface area contributed by atoms with Crippen molar-refractivity contribution in [3.8, 4) is 22.5 Å². The second-order valence-electron chi connectivity index (χ2n) is 9.56. The van der Waals surface area contributed by atoms with Crippen molar-refractivity contribution in [3.63, 3.8) is 0 Å². The van der Waals surface area contributed by atoms with E-state index in [0.29, 0.717) is 17.0 Å². The second kappa shape index (κ2) is 7.61. The molecule has 0 radical (unpaired) electrons. The Hall–Kier alpha value is -2.82. The molecule has 0 saturated heterocycles. The highest BCUT2D eigenvalue weighted by molar-refractivity contribution is 7.89. The van der Waals surface area contributed by atoms with Crippen LogP contribution in [0.25, 0.3) is 22.5 Å². The second-order valence-corrected chi connectivity index (χ2v) is 11.3. The van der Waals surface area contributed by atoms with E-state index in [2.05, 4.69) is 14.8 Å². The van der Waals surface area contributed by atoms with Gasteiger partial charge in [-0.1, -0.05) is 6.07 Å². The van der Waals surface area contributed by atoms with Gasteiger partial charge in [-0.2, -0.15) is 5.10 Å². The summed E-state index contributed by atoms with van der Waals surface area (Å²) in [6.07, 6.45) is 6.27. The average molecular weight is 469 g/mol. The van der Waals surface area contributed by atoms with Crippen molar-refractivity contribution < 1.29 is 13.5 Å². The fourth-order valence-electron chi connectivity index (χ4n) is 5.23. The van der Waals surface area contributed by atoms with Gasteiger partial charge >= 0.3 is 0 Å². The molecule has 2 heterocycles. The molecule has 0 unspecified atom stereocenters. The van der Waals surface area contributed by atoms with E-state index in [4.69, 9.17) is 10.7 Å². The van der Waals surface area contributed by atoms with Gasteiger partial charge in [-0.3, -0.25) is 4.68 Å². The van der Waals surface area contributed by atoms with Crippen molar-refractivity contribution in [2.45, 2.75) is 56.6 Å². The largest absolute Gasteiger partial charge is 0.393 e. The Bertz CT molecular complexity index is 1340. The number of nitrogen functional groups attached to an aromatic ring is 1. The van der Waals surface area contributed by atoms with E-state index in [0.717, 1.165) is 42.5 Å². The van der Waals surface area contributed by atoms with E-state index in [1.165, 1.54) is 0 Å². The molecular weight excluding hydrogens is 440 g/mol. The van der Waals surface area contributed by atoms with Crippen LogP contribution in [0.2, 0.25) is 0 Å². The number of nitrogens with zero attached hydrogens (tertiary/aromatic N) is 4. The molecule has 1 aromatic carbocycles. The molecule has 2 aliphatic carbocycles. The molecule has 4 N–H and O–H groups in total. The first kappa shape index (κ1) is 22.0. The van der Waals surface area contributed by atoms with Crippen molar-refractivity contribution in [1.82, 2.24) is 24.5 Å². The van der Waals surface area contributed by atoms with Gasteiger partial charge in [0.05, 0.1) is 28.6 Å². The Kier molecular flexibility index (Phi) is 5.07. The van der Waals surface area contributed by atoms with Crippen molar-refractivity contribution >= 4 is 15.8 Å². The lowest BCUT2D eigenvalue weighted by Crippen LogP contribution is -2.57. The van der Waals surface area contributed by atoms with Crippen LogP contribution in [-0.2, 0) is 17.1 Å². The lowest BCUT2D eigenvalue weighted by Gasteiger charge is -2.56. The third-order valence-corrected chi connectivity index (χ3v) is 8.40. The van der Waals surface area contributed by atoms with Gasteiger partial charge in [0.2, 0.25) is 10.0 Å². The van der Waals surface area contributed by atoms with Gasteiger partial charge < -0.3 is 10.8 Å². The van der Waals surface area contributed by atoms with Gasteiger partial charge in [-0.05, 0) is 62.6 Å². The summed E-state index contributed by atoms with van der Waals surface area (Å²) in [6.45, 7) is 3.78. The zero-order valence-electron chi connectivity index (χ0n) is 18.9. The fourth-order valence-corrected chi connectivity index (χ4v) is 6.49. The number of anilines is 1. The van der Waals surface area contributed by atoms with E-state index in [9.17, 15) is 13.5 Å². The number of aliphatic hydroxyl groups is 1. The number of sulfonamides is 1. The van der Waals surface area contributed by atoms with Crippen LogP contribution in [-0.4, -0.2) is 45.4 Å². The standard InChI is InChI=1S/C23H28N6O3S/c1-13-4-5-17(33(31,32)28-15-7-23(8-15)9-16(30)10-23)6-18(13)20-11-25-22(24)21(26-20)19-12-29(3)27-14(19)2/h4-6,11-12,15-16,28,30H,7-10H2,1-3H3,(H2,24,25)/t15-,16-,23?. The van der Waals surface area contributed by atoms with Gasteiger partial charge in [0.1, 0.15) is 11.5 Å². The maximum absolute atomic E-state index is 13.1. The Labute approximate surface area is 193 Å². The SMILES string of the molecule is Cc1ccc(S(=O)(=O)N[C@H]2CC3(C[C@@H](O)C3)C2)cc1-c1cnc(N)c(-c2cn(C)nc2C)n1. The van der Waals surface area contributed by atoms with E-state index in [-0.39, 0.29) is 28.3 Å². The zero-order chi connectivity index (χ0) is 23.5. The molecule has 0 atom stereocenters. The number of aryl methyl sites for hydroxylation is 3. The van der Waals surface area contributed by atoms with Gasteiger partial charge in [-0.25, -0.2) is 23.1 Å². The number of hydrogen-bond donors (Lipinski definition) is 3. The predicted octanol–water partition coefficient (Wildman–Crippen LogP) is 2.32. The maximum Gasteiger partial charge on any atom is 0.240 e. The third-order valence-electron chi connectivity index (χ3n) is 6.88. The van der Waals surface area contributed by atoms with E-state index < -0.39 is 10.0 Å². The number of aromatic nitrogens is 4. The Morgan fingerprint density at radius 3 is 2.55 bits per heavy atom. The van der Waals surface area contributed by atoms with Gasteiger partial charge in [0.25, 0.3) is 0 Å². The van der Waals surface area contributed by atoms with Gasteiger partial charge in [0.15, 0.2) is 0 Å². The smallest absolute Gasteiger partial charge is 0.240 e. The van der Waals surface area contributed by atoms with Crippen molar-refractivity contribution in [2.24, 2.45) is 12.5 Å². The molecule has 1 spiro atoms. The highest BCUT2D eigenvalue weighted by Crippen LogP contribution is 2.56. The highest BCUT2D eigenvalue weighted by atomic mass is 32.2. The van der Waals surface area contributed by atoms with Gasteiger partial charge in [0, 0.05) is 30.4 Å². The molecule has 0 amide bonds. The summed E-state index contributed by atoms with van der Waals surface area (Å²) in [7, 11) is -1.86. The molecule has 9 nitrogen and oxygen atoms in total. The quantitative estimate of drug-likeness (QED) is 0.523. The molecule has 0 aliphatic heterocycles. The maximum atomic E-state index is 13.1. The van der Waals surface area contributed by atoms with Crippen molar-refractivity contribution in [2.75, 3.05) is 5.73 Å². The Balaban J connectivity index is 1.43. The van der Waals surface area contributed by atoms with Crippen LogP contribution in [0.4, 0.5) is 5.82 Å². The van der Waals surface area contributed by atoms with Crippen LogP contribution in [0.5, 0.6) is 0 Å². The summed E-state index contributed by atoms with van der Waals surface area (Å²) in [5, 5.41) is 13.9. The number of benzene rings is 1. The van der Waals surface area contributed by atoms with E-state index in [1.807, 2.05) is 27.1 Å². The van der Waals surface area contributed by atoms with Crippen LogP contribution in [0.1, 0.15) is 36.9 Å². The number of nitrogens with two attached hydrogens (primary N) is 1. The average Bonchev–Trinajstić information content (AvgIpc) is 3.03. The highest BCUT2D eigenvalue weighted by Gasteiger charge is 2.53. The lowest BCUT2D eigenvalue weighted by molar-refractivity contribution is -0.0930. The number of rotatable bonds is 5. The van der Waals surface area contributed by atoms with Crippen LogP contribution < -0.4 is 10.5 Å². The number of hydrogen-bond acceptors (Lipinski definition) is 7. The molecule has 174 valence electrons. The minimum Gasteiger partial charge on any atom is -0.393 e. The molecule has 33 heavy (non-hydrogen) atoms. The summed E-state index contributed by atoms with van der Waals surface area (Å²) < 4.78 is 30.7. The predicted molar refractivity (Wildman–Crippen MR) is 125 cm³/mol. The molecule has 2 aliphatic rings. The molecule has 2 fully saturated rings. The van der Waals surface area contributed by atoms with Crippen LogP contribution >= 0.6 is 0 Å². The van der Waals surface area contributed by atoms with E-state index >= 15 is 0 Å². The lowest BCUT2D eigenvalue weighted by atomic mass is 9.53. The monoisotopic (exact) mass is 468 g/mol. The zero-order valence-corrected chi connectivity index (χ0v) is 19.7.